The van der Waals surface area contributed by atoms with Gasteiger partial charge in [0.25, 0.3) is 0 Å². The number of hydrogen-bond acceptors (Lipinski definition) is 4. The normalized spacial score (nSPS) is 15.5. The zero-order valence-electron chi connectivity index (χ0n) is 14.6. The molecule has 0 amide bonds. The topological polar surface area (TPSA) is 48.4 Å². The molecule has 0 spiro atoms. The van der Waals surface area contributed by atoms with E-state index in [0.29, 0.717) is 12.5 Å². The number of piperidine rings is 1. The number of benzene rings is 1. The molecule has 24 heavy (non-hydrogen) atoms. The molecule has 128 valence electrons. The molecule has 1 fully saturated rings. The van der Waals surface area contributed by atoms with E-state index in [9.17, 15) is 5.11 Å². The molecular weight excluding hydrogens is 298 g/mol. The zero-order valence-corrected chi connectivity index (χ0v) is 14.6. The van der Waals surface area contributed by atoms with Crippen LogP contribution in [0.25, 0.3) is 0 Å². The third-order valence-electron chi connectivity index (χ3n) is 5.15. The number of nitrogens with zero attached hydrogens (tertiary/aromatic N) is 2. The Bertz CT molecular complexity index is 678. The van der Waals surface area contributed by atoms with Gasteiger partial charge in [-0.3, -0.25) is 0 Å². The summed E-state index contributed by atoms with van der Waals surface area (Å²) in [5.74, 6) is 1.47. The van der Waals surface area contributed by atoms with Crippen LogP contribution < -0.4 is 10.2 Å². The number of nitrogens with one attached hydrogen (secondary N) is 1. The molecule has 0 unspecified atom stereocenters. The van der Waals surface area contributed by atoms with Crippen molar-refractivity contribution in [2.24, 2.45) is 5.92 Å². The second-order valence-electron chi connectivity index (χ2n) is 6.70. The molecular formula is C20H27N3O. The molecule has 1 aliphatic rings. The van der Waals surface area contributed by atoms with E-state index in [2.05, 4.69) is 53.3 Å². The highest BCUT2D eigenvalue weighted by atomic mass is 16.3. The highest BCUT2D eigenvalue weighted by Crippen LogP contribution is 2.28. The van der Waals surface area contributed by atoms with Gasteiger partial charge in [-0.25, -0.2) is 4.98 Å². The van der Waals surface area contributed by atoms with E-state index in [0.717, 1.165) is 44.0 Å². The third kappa shape index (κ3) is 3.70. The maximum Gasteiger partial charge on any atom is 0.151 e. The van der Waals surface area contributed by atoms with Crippen LogP contribution in [0, 0.1) is 19.8 Å². The molecule has 0 radical (unpaired) electrons. The van der Waals surface area contributed by atoms with Gasteiger partial charge >= 0.3 is 0 Å². The van der Waals surface area contributed by atoms with Gasteiger partial charge in [0.05, 0.1) is 5.69 Å². The lowest BCUT2D eigenvalue weighted by molar-refractivity contribution is 0.203. The second kappa shape index (κ2) is 7.67. The quantitative estimate of drug-likeness (QED) is 0.883. The Kier molecular flexibility index (Phi) is 5.36. The van der Waals surface area contributed by atoms with E-state index in [4.69, 9.17) is 0 Å². The largest absolute Gasteiger partial charge is 0.396 e. The van der Waals surface area contributed by atoms with E-state index in [1.54, 1.807) is 0 Å². The lowest BCUT2D eigenvalue weighted by Crippen LogP contribution is -2.35. The summed E-state index contributed by atoms with van der Waals surface area (Å²) in [4.78, 5) is 6.94. The minimum absolute atomic E-state index is 0.299. The van der Waals surface area contributed by atoms with E-state index >= 15 is 0 Å². The van der Waals surface area contributed by atoms with Crippen molar-refractivity contribution in [3.8, 4) is 0 Å². The van der Waals surface area contributed by atoms with Crippen LogP contribution in [0.1, 0.15) is 29.5 Å². The fourth-order valence-electron chi connectivity index (χ4n) is 3.31. The number of rotatable bonds is 5. The Labute approximate surface area is 144 Å². The monoisotopic (exact) mass is 325 g/mol. The molecule has 0 atom stereocenters. The van der Waals surface area contributed by atoms with Crippen LogP contribution in [0.4, 0.5) is 11.5 Å². The average molecular weight is 325 g/mol. The number of aliphatic hydroxyl groups excluding tert-OH is 1. The van der Waals surface area contributed by atoms with Gasteiger partial charge < -0.3 is 15.3 Å². The van der Waals surface area contributed by atoms with Crippen LogP contribution in [0.15, 0.2) is 36.5 Å². The van der Waals surface area contributed by atoms with Gasteiger partial charge in [-0.1, -0.05) is 18.2 Å². The van der Waals surface area contributed by atoms with Crippen molar-refractivity contribution in [1.29, 1.82) is 0 Å². The maximum atomic E-state index is 9.31. The molecule has 4 heteroatoms. The highest BCUT2D eigenvalue weighted by molar-refractivity contribution is 5.65. The van der Waals surface area contributed by atoms with Crippen LogP contribution in [0.5, 0.6) is 0 Å². The van der Waals surface area contributed by atoms with Gasteiger partial charge in [0, 0.05) is 32.4 Å². The molecule has 1 aliphatic heterocycles. The maximum absolute atomic E-state index is 9.31. The van der Waals surface area contributed by atoms with Crippen molar-refractivity contribution < 1.29 is 5.11 Å². The summed E-state index contributed by atoms with van der Waals surface area (Å²) in [6.07, 6.45) is 3.92. The minimum Gasteiger partial charge on any atom is -0.396 e. The average Bonchev–Trinajstić information content (AvgIpc) is 2.63. The van der Waals surface area contributed by atoms with E-state index < -0.39 is 0 Å². The smallest absolute Gasteiger partial charge is 0.151 e. The van der Waals surface area contributed by atoms with Crippen LogP contribution in [-0.2, 0) is 6.54 Å². The predicted molar refractivity (Wildman–Crippen MR) is 99.5 cm³/mol. The fraction of sp³-hybridized carbons (Fsp3) is 0.450. The van der Waals surface area contributed by atoms with Gasteiger partial charge in [0.2, 0.25) is 0 Å². The molecule has 1 aromatic heterocycles. The standard InChI is InChI=1S/C20H27N3O/c1-15-5-3-6-18(16(15)2)13-22-19-7-4-10-21-20(19)23-11-8-17(14-24)9-12-23/h3-7,10,17,22,24H,8-9,11-14H2,1-2H3. The van der Waals surface area contributed by atoms with Gasteiger partial charge in [-0.15, -0.1) is 0 Å². The lowest BCUT2D eigenvalue weighted by atomic mass is 9.98. The number of hydrogen-bond donors (Lipinski definition) is 2. The first-order chi connectivity index (χ1) is 11.7. The summed E-state index contributed by atoms with van der Waals surface area (Å²) >= 11 is 0. The van der Waals surface area contributed by atoms with Crippen molar-refractivity contribution in [1.82, 2.24) is 4.98 Å². The first-order valence-corrected chi connectivity index (χ1v) is 8.79. The van der Waals surface area contributed by atoms with Crippen LogP contribution >= 0.6 is 0 Å². The van der Waals surface area contributed by atoms with Gasteiger partial charge in [0.15, 0.2) is 5.82 Å². The van der Waals surface area contributed by atoms with Crippen molar-refractivity contribution in [2.45, 2.75) is 33.2 Å². The molecule has 1 aromatic carbocycles. The molecule has 2 aromatic rings. The second-order valence-corrected chi connectivity index (χ2v) is 6.70. The van der Waals surface area contributed by atoms with E-state index in [1.807, 2.05) is 12.3 Å². The van der Waals surface area contributed by atoms with Gasteiger partial charge in [0.1, 0.15) is 0 Å². The summed E-state index contributed by atoms with van der Waals surface area (Å²) in [5.41, 5.74) is 5.08. The first-order valence-electron chi connectivity index (χ1n) is 8.79. The number of pyridine rings is 1. The molecule has 2 N–H and O–H groups in total. The number of aryl methyl sites for hydroxylation is 1. The van der Waals surface area contributed by atoms with Gasteiger partial charge in [-0.05, 0) is 61.4 Å². The Balaban J connectivity index is 1.72. The summed E-state index contributed by atoms with van der Waals surface area (Å²) in [6.45, 7) is 7.35. The summed E-state index contributed by atoms with van der Waals surface area (Å²) in [5, 5.41) is 12.9. The lowest BCUT2D eigenvalue weighted by Gasteiger charge is -2.33. The summed E-state index contributed by atoms with van der Waals surface area (Å²) < 4.78 is 0. The molecule has 4 nitrogen and oxygen atoms in total. The van der Waals surface area contributed by atoms with Crippen LogP contribution in [0.3, 0.4) is 0 Å². The molecule has 1 saturated heterocycles. The van der Waals surface area contributed by atoms with Crippen LogP contribution in [0.2, 0.25) is 0 Å². The third-order valence-corrected chi connectivity index (χ3v) is 5.15. The van der Waals surface area contributed by atoms with E-state index in [-0.39, 0.29) is 0 Å². The Morgan fingerprint density at radius 2 is 1.96 bits per heavy atom. The first kappa shape index (κ1) is 16.8. The SMILES string of the molecule is Cc1cccc(CNc2cccnc2N2CCC(CO)CC2)c1C. The molecule has 2 heterocycles. The highest BCUT2D eigenvalue weighted by Gasteiger charge is 2.21. The number of aromatic nitrogens is 1. The van der Waals surface area contributed by atoms with Gasteiger partial charge in [-0.2, -0.15) is 0 Å². The van der Waals surface area contributed by atoms with Crippen LogP contribution in [-0.4, -0.2) is 29.8 Å². The Hall–Kier alpha value is -2.07. The molecule has 0 bridgehead atoms. The number of anilines is 2. The predicted octanol–water partition coefficient (Wildman–Crippen LogP) is 3.52. The molecule has 3 rings (SSSR count). The Morgan fingerprint density at radius 3 is 2.71 bits per heavy atom. The molecule has 0 saturated carbocycles. The van der Waals surface area contributed by atoms with E-state index in [1.165, 1.54) is 16.7 Å². The summed E-state index contributed by atoms with van der Waals surface area (Å²) in [6, 6.07) is 10.5. The summed E-state index contributed by atoms with van der Waals surface area (Å²) in [7, 11) is 0. The minimum atomic E-state index is 0.299. The Morgan fingerprint density at radius 1 is 1.17 bits per heavy atom. The van der Waals surface area contributed by atoms with Crippen molar-refractivity contribution in [3.63, 3.8) is 0 Å². The van der Waals surface area contributed by atoms with Crippen molar-refractivity contribution in [2.75, 3.05) is 29.9 Å². The number of aliphatic hydroxyl groups is 1. The van der Waals surface area contributed by atoms with Crippen molar-refractivity contribution in [3.05, 3.63) is 53.2 Å². The molecule has 0 aliphatic carbocycles. The zero-order chi connectivity index (χ0) is 16.9. The van der Waals surface area contributed by atoms with Crippen molar-refractivity contribution >= 4 is 11.5 Å². The fourth-order valence-corrected chi connectivity index (χ4v) is 3.31.